The summed E-state index contributed by atoms with van der Waals surface area (Å²) >= 11 is 0. The van der Waals surface area contributed by atoms with Crippen LogP contribution in [0.5, 0.6) is 0 Å². The zero-order valence-electron chi connectivity index (χ0n) is 16.4. The van der Waals surface area contributed by atoms with Gasteiger partial charge in [-0.1, -0.05) is 18.2 Å². The monoisotopic (exact) mass is 384 g/mol. The third kappa shape index (κ3) is 3.34. The molecule has 150 valence electrons. The van der Waals surface area contributed by atoms with Gasteiger partial charge < -0.3 is 20.0 Å². The molecule has 3 fully saturated rings. The quantitative estimate of drug-likeness (QED) is 0.828. The maximum atomic E-state index is 13.4. The summed E-state index contributed by atoms with van der Waals surface area (Å²) in [4.78, 5) is 43.7. The van der Waals surface area contributed by atoms with Crippen LogP contribution in [0.4, 0.5) is 5.69 Å². The highest BCUT2D eigenvalue weighted by Crippen LogP contribution is 2.40. The molecular formula is C21H28N4O3. The molecule has 1 aliphatic carbocycles. The number of anilines is 1. The summed E-state index contributed by atoms with van der Waals surface area (Å²) < 4.78 is 0. The number of rotatable bonds is 5. The molecule has 1 aromatic rings. The van der Waals surface area contributed by atoms with Crippen LogP contribution in [0.2, 0.25) is 0 Å². The van der Waals surface area contributed by atoms with Gasteiger partial charge in [-0.25, -0.2) is 0 Å². The van der Waals surface area contributed by atoms with Gasteiger partial charge in [0.25, 0.3) is 5.91 Å². The number of para-hydroxylation sites is 1. The van der Waals surface area contributed by atoms with Crippen molar-refractivity contribution in [1.29, 1.82) is 0 Å². The fourth-order valence-corrected chi connectivity index (χ4v) is 4.43. The Hall–Kier alpha value is -2.57. The smallest absolute Gasteiger partial charge is 0.250 e. The van der Waals surface area contributed by atoms with Crippen LogP contribution in [0.15, 0.2) is 30.3 Å². The number of nitrogens with zero attached hydrogens (tertiary/aromatic N) is 3. The van der Waals surface area contributed by atoms with Crippen LogP contribution >= 0.6 is 0 Å². The summed E-state index contributed by atoms with van der Waals surface area (Å²) in [6, 6.07) is 9.90. The molecule has 0 radical (unpaired) electrons. The predicted molar refractivity (Wildman–Crippen MR) is 105 cm³/mol. The first-order chi connectivity index (χ1) is 13.5. The van der Waals surface area contributed by atoms with Gasteiger partial charge in [0.15, 0.2) is 0 Å². The Kier molecular flexibility index (Phi) is 5.00. The van der Waals surface area contributed by atoms with Gasteiger partial charge in [-0.3, -0.25) is 14.4 Å². The lowest BCUT2D eigenvalue weighted by Gasteiger charge is -2.43. The van der Waals surface area contributed by atoms with E-state index in [-0.39, 0.29) is 30.2 Å². The van der Waals surface area contributed by atoms with Gasteiger partial charge in [-0.15, -0.1) is 0 Å². The van der Waals surface area contributed by atoms with E-state index >= 15 is 0 Å². The van der Waals surface area contributed by atoms with Crippen LogP contribution in [-0.4, -0.2) is 65.9 Å². The van der Waals surface area contributed by atoms with Crippen LogP contribution in [0.3, 0.4) is 0 Å². The fraction of sp³-hybridized carbons (Fsp3) is 0.571. The molecule has 3 amide bonds. The average Bonchev–Trinajstić information content (AvgIpc) is 3.53. The maximum absolute atomic E-state index is 13.4. The van der Waals surface area contributed by atoms with Crippen molar-refractivity contribution in [3.63, 3.8) is 0 Å². The number of hydrogen-bond acceptors (Lipinski definition) is 4. The predicted octanol–water partition coefficient (Wildman–Crippen LogP) is 1.20. The molecule has 7 nitrogen and oxygen atoms in total. The molecule has 3 aliphatic rings. The second-order valence-electron chi connectivity index (χ2n) is 7.99. The molecular weight excluding hydrogens is 356 g/mol. The van der Waals surface area contributed by atoms with E-state index in [9.17, 15) is 14.4 Å². The van der Waals surface area contributed by atoms with E-state index < -0.39 is 5.54 Å². The van der Waals surface area contributed by atoms with E-state index in [4.69, 9.17) is 0 Å². The highest BCUT2D eigenvalue weighted by Gasteiger charge is 2.54. The van der Waals surface area contributed by atoms with E-state index in [1.807, 2.05) is 42.2 Å². The Morgan fingerprint density at radius 1 is 1.14 bits per heavy atom. The number of likely N-dealkylation sites (N-methyl/N-ethyl adjacent to an activating group) is 1. The topological polar surface area (TPSA) is 73.0 Å². The molecule has 0 atom stereocenters. The fourth-order valence-electron chi connectivity index (χ4n) is 4.43. The molecule has 7 heteroatoms. The van der Waals surface area contributed by atoms with Gasteiger partial charge in [0.05, 0.1) is 6.67 Å². The molecule has 2 aliphatic heterocycles. The van der Waals surface area contributed by atoms with E-state index in [0.717, 1.165) is 18.5 Å². The van der Waals surface area contributed by atoms with Gasteiger partial charge >= 0.3 is 0 Å². The Bertz CT molecular complexity index is 754. The van der Waals surface area contributed by atoms with Crippen LogP contribution < -0.4 is 10.2 Å². The number of benzene rings is 1. The number of carbonyl (C=O) groups excluding carboxylic acids is 3. The molecule has 4 rings (SSSR count). The van der Waals surface area contributed by atoms with Crippen LogP contribution in [-0.2, 0) is 14.4 Å². The molecule has 28 heavy (non-hydrogen) atoms. The SMILES string of the molecule is CCNC(=O)CN1CN(c2ccccc2)C2(CCN(C(=O)C3CC3)CC2)C1=O. The van der Waals surface area contributed by atoms with Crippen molar-refractivity contribution >= 4 is 23.4 Å². The number of piperidine rings is 1. The lowest BCUT2D eigenvalue weighted by Crippen LogP contribution is -2.57. The number of amides is 3. The van der Waals surface area contributed by atoms with Crippen molar-refractivity contribution in [3.8, 4) is 0 Å². The second kappa shape index (κ2) is 7.45. The standard InChI is InChI=1S/C21H28N4O3/c1-2-22-18(26)14-24-15-25(17-6-4-3-5-7-17)21(20(24)28)10-12-23(13-11-21)19(27)16-8-9-16/h3-7,16H,2,8-15H2,1H3,(H,22,26). The first kappa shape index (κ1) is 18.8. The minimum atomic E-state index is -0.672. The maximum Gasteiger partial charge on any atom is 0.250 e. The van der Waals surface area contributed by atoms with E-state index in [1.165, 1.54) is 0 Å². The van der Waals surface area contributed by atoms with Crippen molar-refractivity contribution in [3.05, 3.63) is 30.3 Å². The highest BCUT2D eigenvalue weighted by molar-refractivity contribution is 5.96. The van der Waals surface area contributed by atoms with Crippen molar-refractivity contribution in [2.24, 2.45) is 5.92 Å². The largest absolute Gasteiger partial charge is 0.355 e. The van der Waals surface area contributed by atoms with Crippen molar-refractivity contribution < 1.29 is 14.4 Å². The summed E-state index contributed by atoms with van der Waals surface area (Å²) in [6.45, 7) is 4.08. The van der Waals surface area contributed by atoms with Gasteiger partial charge in [0.2, 0.25) is 11.8 Å². The molecule has 1 N–H and O–H groups in total. The normalized spacial score (nSPS) is 21.3. The average molecular weight is 384 g/mol. The minimum absolute atomic E-state index is 0.00104. The van der Waals surface area contributed by atoms with Gasteiger partial charge in [-0.05, 0) is 44.7 Å². The van der Waals surface area contributed by atoms with Gasteiger partial charge in [0.1, 0.15) is 12.1 Å². The summed E-state index contributed by atoms with van der Waals surface area (Å²) in [7, 11) is 0. The molecule has 0 bridgehead atoms. The first-order valence-electron chi connectivity index (χ1n) is 10.2. The highest BCUT2D eigenvalue weighted by atomic mass is 16.2. The Labute approximate surface area is 165 Å². The molecule has 1 saturated carbocycles. The van der Waals surface area contributed by atoms with E-state index in [0.29, 0.717) is 39.1 Å². The zero-order valence-corrected chi connectivity index (χ0v) is 16.4. The molecule has 2 heterocycles. The Balaban J connectivity index is 1.56. The number of hydrogen-bond donors (Lipinski definition) is 1. The molecule has 1 aromatic carbocycles. The first-order valence-corrected chi connectivity index (χ1v) is 10.2. The molecule has 0 unspecified atom stereocenters. The minimum Gasteiger partial charge on any atom is -0.355 e. The Morgan fingerprint density at radius 2 is 1.82 bits per heavy atom. The lowest BCUT2D eigenvalue weighted by molar-refractivity contribution is -0.140. The van der Waals surface area contributed by atoms with E-state index in [2.05, 4.69) is 10.2 Å². The number of nitrogens with one attached hydrogen (secondary N) is 1. The Morgan fingerprint density at radius 3 is 2.43 bits per heavy atom. The van der Waals surface area contributed by atoms with Gasteiger partial charge in [-0.2, -0.15) is 0 Å². The van der Waals surface area contributed by atoms with E-state index in [1.54, 1.807) is 4.90 Å². The van der Waals surface area contributed by atoms with Crippen molar-refractivity contribution in [2.45, 2.75) is 38.1 Å². The molecule has 0 aromatic heterocycles. The molecule has 1 spiro atoms. The second-order valence-corrected chi connectivity index (χ2v) is 7.99. The summed E-state index contributed by atoms with van der Waals surface area (Å²) in [5, 5.41) is 2.78. The number of likely N-dealkylation sites (tertiary alicyclic amines) is 1. The summed E-state index contributed by atoms with van der Waals surface area (Å²) in [6.07, 6.45) is 3.20. The summed E-state index contributed by atoms with van der Waals surface area (Å²) in [5.74, 6) is 0.307. The van der Waals surface area contributed by atoms with Crippen molar-refractivity contribution in [1.82, 2.24) is 15.1 Å². The third-order valence-electron chi connectivity index (χ3n) is 6.12. The van der Waals surface area contributed by atoms with Crippen LogP contribution in [0.25, 0.3) is 0 Å². The van der Waals surface area contributed by atoms with Crippen LogP contribution in [0.1, 0.15) is 32.6 Å². The zero-order chi connectivity index (χ0) is 19.7. The third-order valence-corrected chi connectivity index (χ3v) is 6.12. The van der Waals surface area contributed by atoms with Gasteiger partial charge in [0, 0.05) is 31.2 Å². The number of carbonyl (C=O) groups is 3. The summed E-state index contributed by atoms with van der Waals surface area (Å²) in [5.41, 5.74) is 0.310. The lowest BCUT2D eigenvalue weighted by atomic mass is 9.85. The van der Waals surface area contributed by atoms with Crippen LogP contribution in [0, 0.1) is 5.92 Å². The molecule has 2 saturated heterocycles. The van der Waals surface area contributed by atoms with Crippen molar-refractivity contribution in [2.75, 3.05) is 37.7 Å².